The molecule has 1 aromatic heterocycles. The number of thiazole rings is 1. The average molecular weight is 465 g/mol. The Morgan fingerprint density at radius 1 is 1.19 bits per heavy atom. The van der Waals surface area contributed by atoms with Crippen molar-refractivity contribution in [3.05, 3.63) is 70.2 Å². The number of sulfonamides is 1. The summed E-state index contributed by atoms with van der Waals surface area (Å²) in [5.41, 5.74) is 0.120. The molecule has 0 aliphatic carbocycles. The Morgan fingerprint density at radius 2 is 1.87 bits per heavy atom. The van der Waals surface area contributed by atoms with Crippen molar-refractivity contribution in [3.63, 3.8) is 0 Å². The molecule has 0 radical (unpaired) electrons. The molecule has 1 amide bonds. The zero-order valence-corrected chi connectivity index (χ0v) is 17.5. The summed E-state index contributed by atoms with van der Waals surface area (Å²) in [5, 5.41) is 11.1. The lowest BCUT2D eigenvalue weighted by Gasteiger charge is -2.11. The molecular formula is C20H14F3N3O3S2. The standard InChI is InChI=1S/C20H14F3N3O3S2/c1-12-2-4-13(5-3-12)19-25-15(11-30-19)8-18(27)26-31(28,29)16-7-6-14(10-24)17(9-16)20(21,22)23/h2-7,9,11H,8H2,1H3,(H,26,27). The van der Waals surface area contributed by atoms with Crippen LogP contribution in [0.15, 0.2) is 52.7 Å². The van der Waals surface area contributed by atoms with Gasteiger partial charge in [0.1, 0.15) is 5.01 Å². The highest BCUT2D eigenvalue weighted by Crippen LogP contribution is 2.33. The SMILES string of the molecule is Cc1ccc(-c2nc(CC(=O)NS(=O)(=O)c3ccc(C#N)c(C(F)(F)F)c3)cs2)cc1. The lowest BCUT2D eigenvalue weighted by molar-refractivity contribution is -0.137. The maximum atomic E-state index is 13.1. The predicted octanol–water partition coefficient (Wildman–Crippen LogP) is 4.06. The number of carbonyl (C=O) groups excluding carboxylic acids is 1. The van der Waals surface area contributed by atoms with Gasteiger partial charge < -0.3 is 0 Å². The number of hydrogen-bond acceptors (Lipinski definition) is 6. The van der Waals surface area contributed by atoms with Crippen LogP contribution in [-0.4, -0.2) is 19.3 Å². The van der Waals surface area contributed by atoms with Crippen LogP contribution >= 0.6 is 11.3 Å². The van der Waals surface area contributed by atoms with E-state index in [2.05, 4.69) is 4.98 Å². The number of nitrogens with one attached hydrogen (secondary N) is 1. The van der Waals surface area contributed by atoms with E-state index in [1.807, 2.05) is 31.2 Å². The number of amides is 1. The Balaban J connectivity index is 1.76. The average Bonchev–Trinajstić information content (AvgIpc) is 3.15. The number of benzene rings is 2. The van der Waals surface area contributed by atoms with Crippen LogP contribution in [0.3, 0.4) is 0 Å². The van der Waals surface area contributed by atoms with Crippen LogP contribution in [0.5, 0.6) is 0 Å². The molecule has 3 aromatic rings. The second-order valence-electron chi connectivity index (χ2n) is 6.53. The number of aromatic nitrogens is 1. The van der Waals surface area contributed by atoms with Crippen LogP contribution in [0, 0.1) is 18.3 Å². The second-order valence-corrected chi connectivity index (χ2v) is 9.07. The highest BCUT2D eigenvalue weighted by atomic mass is 32.2. The van der Waals surface area contributed by atoms with Gasteiger partial charge in [-0.05, 0) is 25.1 Å². The van der Waals surface area contributed by atoms with Crippen LogP contribution in [-0.2, 0) is 27.4 Å². The molecule has 0 unspecified atom stereocenters. The van der Waals surface area contributed by atoms with Gasteiger partial charge in [-0.3, -0.25) is 4.79 Å². The number of nitriles is 1. The second kappa shape index (κ2) is 8.49. The van der Waals surface area contributed by atoms with Gasteiger partial charge in [0.2, 0.25) is 5.91 Å². The normalized spacial score (nSPS) is 11.7. The summed E-state index contributed by atoms with van der Waals surface area (Å²) in [5.74, 6) is -0.946. The van der Waals surface area contributed by atoms with E-state index in [0.29, 0.717) is 16.8 Å². The van der Waals surface area contributed by atoms with Crippen LogP contribution in [0.2, 0.25) is 0 Å². The topological polar surface area (TPSA) is 99.9 Å². The van der Waals surface area contributed by atoms with Crippen molar-refractivity contribution in [2.45, 2.75) is 24.4 Å². The van der Waals surface area contributed by atoms with Crippen LogP contribution in [0.1, 0.15) is 22.4 Å². The quantitative estimate of drug-likeness (QED) is 0.613. The van der Waals surface area contributed by atoms with Crippen LogP contribution < -0.4 is 4.72 Å². The summed E-state index contributed by atoms with van der Waals surface area (Å²) in [6, 6.07) is 10.8. The highest BCUT2D eigenvalue weighted by molar-refractivity contribution is 7.90. The first-order valence-corrected chi connectivity index (χ1v) is 11.0. The monoisotopic (exact) mass is 465 g/mol. The van der Waals surface area contributed by atoms with E-state index in [0.717, 1.165) is 23.3 Å². The zero-order valence-electron chi connectivity index (χ0n) is 15.9. The third-order valence-electron chi connectivity index (χ3n) is 4.17. The Morgan fingerprint density at radius 3 is 2.48 bits per heavy atom. The fraction of sp³-hybridized carbons (Fsp3) is 0.150. The zero-order chi connectivity index (χ0) is 22.8. The van der Waals surface area contributed by atoms with Gasteiger partial charge in [0.05, 0.1) is 34.2 Å². The third-order valence-corrected chi connectivity index (χ3v) is 6.48. The van der Waals surface area contributed by atoms with E-state index >= 15 is 0 Å². The van der Waals surface area contributed by atoms with Crippen LogP contribution in [0.4, 0.5) is 13.2 Å². The summed E-state index contributed by atoms with van der Waals surface area (Å²) < 4.78 is 65.7. The van der Waals surface area contributed by atoms with Gasteiger partial charge in [-0.15, -0.1) is 11.3 Å². The fourth-order valence-electron chi connectivity index (χ4n) is 2.65. The van der Waals surface area contributed by atoms with Crippen molar-refractivity contribution in [2.24, 2.45) is 0 Å². The minimum Gasteiger partial charge on any atom is -0.274 e. The molecule has 0 aliphatic heterocycles. The number of carbonyl (C=O) groups is 1. The molecule has 0 aliphatic rings. The maximum Gasteiger partial charge on any atom is 0.417 e. The van der Waals surface area contributed by atoms with E-state index in [1.165, 1.54) is 17.4 Å². The minimum atomic E-state index is -4.92. The van der Waals surface area contributed by atoms with Gasteiger partial charge in [-0.25, -0.2) is 18.1 Å². The highest BCUT2D eigenvalue weighted by Gasteiger charge is 2.35. The third kappa shape index (κ3) is 5.28. The molecule has 0 spiro atoms. The number of hydrogen-bond donors (Lipinski definition) is 1. The molecule has 160 valence electrons. The molecule has 31 heavy (non-hydrogen) atoms. The van der Waals surface area contributed by atoms with E-state index in [9.17, 15) is 26.4 Å². The molecule has 0 fully saturated rings. The Hall–Kier alpha value is -3.23. The van der Waals surface area contributed by atoms with Gasteiger partial charge in [-0.2, -0.15) is 18.4 Å². The molecule has 0 saturated heterocycles. The lowest BCUT2D eigenvalue weighted by atomic mass is 10.1. The Kier molecular flexibility index (Phi) is 6.15. The summed E-state index contributed by atoms with van der Waals surface area (Å²) in [4.78, 5) is 15.7. The summed E-state index contributed by atoms with van der Waals surface area (Å²) in [7, 11) is -4.57. The Bertz CT molecular complexity index is 1280. The first-order chi connectivity index (χ1) is 14.5. The van der Waals surface area contributed by atoms with E-state index < -0.39 is 38.1 Å². The number of alkyl halides is 3. The number of aryl methyl sites for hydroxylation is 1. The van der Waals surface area contributed by atoms with E-state index in [4.69, 9.17) is 5.26 Å². The van der Waals surface area contributed by atoms with Crippen molar-refractivity contribution in [2.75, 3.05) is 0 Å². The van der Waals surface area contributed by atoms with Gasteiger partial charge in [-0.1, -0.05) is 29.8 Å². The Labute approximate surface area is 180 Å². The molecule has 1 heterocycles. The van der Waals surface area contributed by atoms with E-state index in [1.54, 1.807) is 10.1 Å². The summed E-state index contributed by atoms with van der Waals surface area (Å²) in [6.45, 7) is 1.94. The molecule has 0 bridgehead atoms. The molecule has 1 N–H and O–H groups in total. The number of halogens is 3. The van der Waals surface area contributed by atoms with Crippen molar-refractivity contribution in [3.8, 4) is 16.6 Å². The van der Waals surface area contributed by atoms with Crippen molar-refractivity contribution >= 4 is 27.3 Å². The molecular weight excluding hydrogens is 451 g/mol. The summed E-state index contributed by atoms with van der Waals surface area (Å²) in [6.07, 6.45) is -5.29. The van der Waals surface area contributed by atoms with E-state index in [-0.39, 0.29) is 6.42 Å². The lowest BCUT2D eigenvalue weighted by Crippen LogP contribution is -2.32. The molecule has 6 nitrogen and oxygen atoms in total. The fourth-order valence-corrected chi connectivity index (χ4v) is 4.48. The first-order valence-electron chi connectivity index (χ1n) is 8.68. The van der Waals surface area contributed by atoms with Gasteiger partial charge in [0.15, 0.2) is 0 Å². The molecule has 2 aromatic carbocycles. The molecule has 0 saturated carbocycles. The number of nitrogens with zero attached hydrogens (tertiary/aromatic N) is 2. The minimum absolute atomic E-state index is 0.323. The van der Waals surface area contributed by atoms with Crippen molar-refractivity contribution in [1.29, 1.82) is 5.26 Å². The molecule has 11 heteroatoms. The molecule has 0 atom stereocenters. The molecule has 3 rings (SSSR count). The maximum absolute atomic E-state index is 13.1. The van der Waals surface area contributed by atoms with Gasteiger partial charge in [0.25, 0.3) is 10.0 Å². The van der Waals surface area contributed by atoms with Gasteiger partial charge in [0, 0.05) is 10.9 Å². The largest absolute Gasteiger partial charge is 0.417 e. The van der Waals surface area contributed by atoms with Crippen molar-refractivity contribution < 1.29 is 26.4 Å². The van der Waals surface area contributed by atoms with Crippen molar-refractivity contribution in [1.82, 2.24) is 9.71 Å². The summed E-state index contributed by atoms with van der Waals surface area (Å²) >= 11 is 1.28. The smallest absolute Gasteiger partial charge is 0.274 e. The predicted molar refractivity (Wildman–Crippen MR) is 107 cm³/mol. The van der Waals surface area contributed by atoms with Crippen LogP contribution in [0.25, 0.3) is 10.6 Å². The first kappa shape index (κ1) is 22.5. The number of rotatable bonds is 5. The van der Waals surface area contributed by atoms with Gasteiger partial charge >= 0.3 is 6.18 Å².